The second-order valence-electron chi connectivity index (χ2n) is 7.30. The van der Waals surface area contributed by atoms with Gasteiger partial charge in [0.25, 0.3) is 0 Å². The van der Waals surface area contributed by atoms with Gasteiger partial charge in [0.05, 0.1) is 6.04 Å². The van der Waals surface area contributed by atoms with E-state index in [-0.39, 0.29) is 18.4 Å². The minimum Gasteiger partial charge on any atom is -0.337 e. The monoisotopic (exact) mass is 426 g/mol. The summed E-state index contributed by atoms with van der Waals surface area (Å²) in [6, 6.07) is 8.25. The molecule has 2 aliphatic heterocycles. The zero-order valence-electron chi connectivity index (χ0n) is 14.4. The molecule has 25 heavy (non-hydrogen) atoms. The molecule has 1 aromatic carbocycles. The van der Waals surface area contributed by atoms with E-state index in [0.29, 0.717) is 11.2 Å². The molecule has 2 fully saturated rings. The Labute approximate surface area is 163 Å². The number of halogens is 2. The van der Waals surface area contributed by atoms with Crippen LogP contribution in [0.15, 0.2) is 33.3 Å². The Morgan fingerprint density at radius 3 is 3.00 bits per heavy atom. The normalized spacial score (nSPS) is 26.7. The second-order valence-corrected chi connectivity index (χ2v) is 8.16. The second kappa shape index (κ2) is 7.74. The quantitative estimate of drug-likeness (QED) is 0.797. The first-order valence-corrected chi connectivity index (χ1v) is 9.47. The van der Waals surface area contributed by atoms with E-state index in [1.165, 1.54) is 12.8 Å². The summed E-state index contributed by atoms with van der Waals surface area (Å²) in [5.74, 6) is 1.42. The zero-order valence-corrected chi connectivity index (χ0v) is 16.8. The largest absolute Gasteiger partial charge is 0.337 e. The van der Waals surface area contributed by atoms with Gasteiger partial charge >= 0.3 is 0 Å². The molecule has 4 rings (SSSR count). The van der Waals surface area contributed by atoms with E-state index >= 15 is 0 Å². The molecule has 0 spiro atoms. The number of aromatic nitrogens is 2. The Morgan fingerprint density at radius 1 is 1.40 bits per heavy atom. The van der Waals surface area contributed by atoms with Crippen molar-refractivity contribution in [1.82, 2.24) is 20.4 Å². The molecule has 0 saturated carbocycles. The molecule has 2 aromatic rings. The fourth-order valence-electron chi connectivity index (χ4n) is 3.91. The van der Waals surface area contributed by atoms with Crippen LogP contribution in [0.2, 0.25) is 0 Å². The van der Waals surface area contributed by atoms with Gasteiger partial charge in [0.15, 0.2) is 0 Å². The topological polar surface area (TPSA) is 54.2 Å². The lowest BCUT2D eigenvalue weighted by atomic mass is 9.89. The minimum atomic E-state index is 0. The van der Waals surface area contributed by atoms with Gasteiger partial charge in [0, 0.05) is 23.1 Å². The Morgan fingerprint density at radius 2 is 2.24 bits per heavy atom. The summed E-state index contributed by atoms with van der Waals surface area (Å²) < 4.78 is 6.64. The lowest BCUT2D eigenvalue weighted by Gasteiger charge is -2.31. The van der Waals surface area contributed by atoms with Gasteiger partial charge in [-0.05, 0) is 49.9 Å². The van der Waals surface area contributed by atoms with Crippen molar-refractivity contribution < 1.29 is 4.52 Å². The maximum absolute atomic E-state index is 5.65. The third kappa shape index (κ3) is 3.92. The van der Waals surface area contributed by atoms with Gasteiger partial charge in [-0.3, -0.25) is 4.90 Å². The molecule has 2 atom stereocenters. The van der Waals surface area contributed by atoms with E-state index in [2.05, 4.69) is 38.2 Å². The zero-order chi connectivity index (χ0) is 16.6. The van der Waals surface area contributed by atoms with Crippen LogP contribution in [0.25, 0.3) is 11.4 Å². The summed E-state index contributed by atoms with van der Waals surface area (Å²) in [6.07, 6.45) is 3.53. The van der Waals surface area contributed by atoms with Crippen LogP contribution >= 0.6 is 28.3 Å². The van der Waals surface area contributed by atoms with Gasteiger partial charge in [-0.15, -0.1) is 12.4 Å². The predicted octanol–water partition coefficient (Wildman–Crippen LogP) is 4.06. The van der Waals surface area contributed by atoms with Crippen LogP contribution in [0.3, 0.4) is 0 Å². The summed E-state index contributed by atoms with van der Waals surface area (Å²) in [4.78, 5) is 7.24. The van der Waals surface area contributed by atoms with Crippen LogP contribution in [0.5, 0.6) is 0 Å². The van der Waals surface area contributed by atoms with Crippen molar-refractivity contribution in [3.8, 4) is 11.4 Å². The highest BCUT2D eigenvalue weighted by atomic mass is 79.9. The number of rotatable bonds is 4. The number of hydrogen-bond donors (Lipinski definition) is 1. The molecule has 0 bridgehead atoms. The SMILES string of the molecule is CC1(CN2CCCC2c2nc(-c3ccccc3Br)no2)CCNC1.Cl. The maximum Gasteiger partial charge on any atom is 0.244 e. The molecule has 0 aliphatic carbocycles. The number of benzene rings is 1. The van der Waals surface area contributed by atoms with E-state index in [0.717, 1.165) is 48.5 Å². The van der Waals surface area contributed by atoms with Crippen LogP contribution < -0.4 is 5.32 Å². The minimum absolute atomic E-state index is 0. The van der Waals surface area contributed by atoms with Crippen molar-refractivity contribution in [3.63, 3.8) is 0 Å². The van der Waals surface area contributed by atoms with Crippen molar-refractivity contribution >= 4 is 28.3 Å². The van der Waals surface area contributed by atoms with E-state index in [9.17, 15) is 0 Å². The fourth-order valence-corrected chi connectivity index (χ4v) is 4.37. The molecule has 0 radical (unpaired) electrons. The molecule has 5 nitrogen and oxygen atoms in total. The predicted molar refractivity (Wildman–Crippen MR) is 104 cm³/mol. The number of nitrogens with one attached hydrogen (secondary N) is 1. The molecule has 1 N–H and O–H groups in total. The average molecular weight is 428 g/mol. The molecule has 2 saturated heterocycles. The van der Waals surface area contributed by atoms with Gasteiger partial charge in [0.2, 0.25) is 11.7 Å². The van der Waals surface area contributed by atoms with Crippen LogP contribution in [-0.2, 0) is 0 Å². The third-order valence-corrected chi connectivity index (χ3v) is 5.94. The van der Waals surface area contributed by atoms with Crippen molar-refractivity contribution in [2.75, 3.05) is 26.2 Å². The van der Waals surface area contributed by atoms with Gasteiger partial charge in [-0.1, -0.05) is 40.1 Å². The summed E-state index contributed by atoms with van der Waals surface area (Å²) in [5.41, 5.74) is 1.33. The van der Waals surface area contributed by atoms with Crippen molar-refractivity contribution in [2.45, 2.75) is 32.2 Å². The first-order chi connectivity index (χ1) is 11.6. The van der Waals surface area contributed by atoms with E-state index in [1.54, 1.807) is 0 Å². The molecule has 1 aromatic heterocycles. The number of hydrogen-bond acceptors (Lipinski definition) is 5. The molecule has 2 unspecified atom stereocenters. The summed E-state index contributed by atoms with van der Waals surface area (Å²) in [5, 5.41) is 7.71. The highest BCUT2D eigenvalue weighted by Crippen LogP contribution is 2.37. The lowest BCUT2D eigenvalue weighted by Crippen LogP contribution is -2.37. The maximum atomic E-state index is 5.65. The summed E-state index contributed by atoms with van der Waals surface area (Å²) in [6.45, 7) is 6.82. The van der Waals surface area contributed by atoms with Gasteiger partial charge < -0.3 is 9.84 Å². The van der Waals surface area contributed by atoms with Crippen LogP contribution in [0.1, 0.15) is 38.1 Å². The molecule has 136 valence electrons. The van der Waals surface area contributed by atoms with Crippen molar-refractivity contribution in [2.24, 2.45) is 5.41 Å². The van der Waals surface area contributed by atoms with E-state index < -0.39 is 0 Å². The number of nitrogens with zero attached hydrogens (tertiary/aromatic N) is 3. The first-order valence-electron chi connectivity index (χ1n) is 8.68. The first kappa shape index (κ1) is 18.8. The highest BCUT2D eigenvalue weighted by molar-refractivity contribution is 9.10. The van der Waals surface area contributed by atoms with Gasteiger partial charge in [-0.25, -0.2) is 0 Å². The molecule has 3 heterocycles. The van der Waals surface area contributed by atoms with E-state index in [1.807, 2.05) is 24.3 Å². The smallest absolute Gasteiger partial charge is 0.244 e. The molecule has 7 heteroatoms. The standard InChI is InChI=1S/C18H23BrN4O.ClH/c1-18(8-9-20-11-18)12-23-10-4-7-15(23)17-21-16(22-24-17)13-5-2-3-6-14(13)19;/h2-3,5-6,15,20H,4,7-12H2,1H3;1H. The Bertz CT molecular complexity index is 717. The van der Waals surface area contributed by atoms with Gasteiger partial charge in [0.1, 0.15) is 0 Å². The summed E-state index contributed by atoms with van der Waals surface area (Å²) >= 11 is 3.56. The Balaban J connectivity index is 0.00000182. The van der Waals surface area contributed by atoms with Gasteiger partial charge in [-0.2, -0.15) is 4.98 Å². The van der Waals surface area contributed by atoms with E-state index in [4.69, 9.17) is 9.51 Å². The van der Waals surface area contributed by atoms with Crippen LogP contribution in [0, 0.1) is 5.41 Å². The fraction of sp³-hybridized carbons (Fsp3) is 0.556. The van der Waals surface area contributed by atoms with Crippen molar-refractivity contribution in [1.29, 1.82) is 0 Å². The Hall–Kier alpha value is -0.950. The van der Waals surface area contributed by atoms with Crippen LogP contribution in [-0.4, -0.2) is 41.2 Å². The third-order valence-electron chi connectivity index (χ3n) is 5.25. The Kier molecular flexibility index (Phi) is 5.83. The summed E-state index contributed by atoms with van der Waals surface area (Å²) in [7, 11) is 0. The molecular weight excluding hydrogens is 404 g/mol. The molecular formula is C18H24BrClN4O. The average Bonchev–Trinajstić information content (AvgIpc) is 3.29. The molecule has 2 aliphatic rings. The van der Waals surface area contributed by atoms with Crippen molar-refractivity contribution in [3.05, 3.63) is 34.6 Å². The molecule has 0 amide bonds. The lowest BCUT2D eigenvalue weighted by molar-refractivity contribution is 0.143. The highest BCUT2D eigenvalue weighted by Gasteiger charge is 2.37. The van der Waals surface area contributed by atoms with Crippen LogP contribution in [0.4, 0.5) is 0 Å². The number of likely N-dealkylation sites (tertiary alicyclic amines) is 1.